The third-order valence-corrected chi connectivity index (χ3v) is 3.35. The highest BCUT2D eigenvalue weighted by molar-refractivity contribution is 6.16. The van der Waals surface area contributed by atoms with Gasteiger partial charge in [-0.25, -0.2) is 4.98 Å². The van der Waals surface area contributed by atoms with Crippen molar-refractivity contribution in [3.63, 3.8) is 0 Å². The summed E-state index contributed by atoms with van der Waals surface area (Å²) in [6.07, 6.45) is 1.72. The van der Waals surface area contributed by atoms with Crippen molar-refractivity contribution in [1.82, 2.24) is 14.7 Å². The van der Waals surface area contributed by atoms with Crippen molar-refractivity contribution in [2.45, 2.75) is 32.4 Å². The number of para-hydroxylation sites is 1. The van der Waals surface area contributed by atoms with Crippen LogP contribution in [0.3, 0.4) is 0 Å². The van der Waals surface area contributed by atoms with Crippen LogP contribution in [-0.4, -0.2) is 20.8 Å². The summed E-state index contributed by atoms with van der Waals surface area (Å²) in [6.45, 7) is 4.53. The molecule has 0 radical (unpaired) electrons. The molecule has 0 saturated carbocycles. The Labute approximate surface area is 127 Å². The van der Waals surface area contributed by atoms with Crippen LogP contribution in [0.5, 0.6) is 5.75 Å². The van der Waals surface area contributed by atoms with Crippen molar-refractivity contribution in [3.8, 4) is 5.75 Å². The van der Waals surface area contributed by atoms with Gasteiger partial charge in [-0.05, 0) is 26.0 Å². The third kappa shape index (κ3) is 2.74. The summed E-state index contributed by atoms with van der Waals surface area (Å²) in [4.78, 5) is 4.61. The van der Waals surface area contributed by atoms with E-state index >= 15 is 0 Å². The SMILES string of the molecule is CC(C)Oc1cccc2c1nc(CCl)n2Cc1ccno1. The highest BCUT2D eigenvalue weighted by atomic mass is 35.5. The Hall–Kier alpha value is -2.01. The molecule has 0 aliphatic rings. The van der Waals surface area contributed by atoms with E-state index in [1.807, 2.05) is 42.7 Å². The molecule has 0 unspecified atom stereocenters. The molecule has 3 aromatic rings. The van der Waals surface area contributed by atoms with Gasteiger partial charge < -0.3 is 13.8 Å². The zero-order valence-corrected chi connectivity index (χ0v) is 12.7. The molecular formula is C15H16ClN3O2. The lowest BCUT2D eigenvalue weighted by Gasteiger charge is -2.10. The molecule has 1 aromatic carbocycles. The summed E-state index contributed by atoms with van der Waals surface area (Å²) < 4.78 is 13.0. The van der Waals surface area contributed by atoms with Gasteiger partial charge in [0.05, 0.1) is 30.2 Å². The van der Waals surface area contributed by atoms with Gasteiger partial charge in [0.15, 0.2) is 5.76 Å². The van der Waals surface area contributed by atoms with E-state index in [4.69, 9.17) is 20.9 Å². The van der Waals surface area contributed by atoms with E-state index in [1.165, 1.54) is 0 Å². The lowest BCUT2D eigenvalue weighted by atomic mass is 10.3. The van der Waals surface area contributed by atoms with Crippen molar-refractivity contribution in [2.75, 3.05) is 0 Å². The molecule has 0 saturated heterocycles. The maximum Gasteiger partial charge on any atom is 0.156 e. The third-order valence-electron chi connectivity index (χ3n) is 3.11. The minimum absolute atomic E-state index is 0.0921. The lowest BCUT2D eigenvalue weighted by molar-refractivity contribution is 0.245. The van der Waals surface area contributed by atoms with Gasteiger partial charge in [0.1, 0.15) is 17.1 Å². The average molecular weight is 306 g/mol. The average Bonchev–Trinajstić information content (AvgIpc) is 3.07. The maximum atomic E-state index is 6.03. The largest absolute Gasteiger partial charge is 0.489 e. The Morgan fingerprint density at radius 3 is 2.86 bits per heavy atom. The van der Waals surface area contributed by atoms with Gasteiger partial charge in [0, 0.05) is 6.07 Å². The first-order valence-corrected chi connectivity index (χ1v) is 7.32. The van der Waals surface area contributed by atoms with Crippen molar-refractivity contribution >= 4 is 22.6 Å². The zero-order valence-electron chi connectivity index (χ0n) is 11.9. The summed E-state index contributed by atoms with van der Waals surface area (Å²) in [6, 6.07) is 7.71. The summed E-state index contributed by atoms with van der Waals surface area (Å²) in [5.74, 6) is 2.63. The Bertz CT molecular complexity index is 735. The van der Waals surface area contributed by atoms with Crippen molar-refractivity contribution in [2.24, 2.45) is 0 Å². The molecule has 0 fully saturated rings. The molecule has 21 heavy (non-hydrogen) atoms. The number of halogens is 1. The highest BCUT2D eigenvalue weighted by Gasteiger charge is 2.15. The number of fused-ring (bicyclic) bond motifs is 1. The van der Waals surface area contributed by atoms with Crippen molar-refractivity contribution in [1.29, 1.82) is 0 Å². The molecule has 5 nitrogen and oxygen atoms in total. The van der Waals surface area contributed by atoms with Crippen LogP contribution in [0.4, 0.5) is 0 Å². The highest BCUT2D eigenvalue weighted by Crippen LogP contribution is 2.28. The molecule has 0 spiro atoms. The monoisotopic (exact) mass is 305 g/mol. The minimum atomic E-state index is 0.0921. The van der Waals surface area contributed by atoms with Crippen LogP contribution in [0, 0.1) is 0 Å². The molecule has 0 N–H and O–H groups in total. The van der Waals surface area contributed by atoms with Crippen LogP contribution in [0.15, 0.2) is 35.0 Å². The Morgan fingerprint density at radius 2 is 2.19 bits per heavy atom. The van der Waals surface area contributed by atoms with E-state index in [9.17, 15) is 0 Å². The summed E-state index contributed by atoms with van der Waals surface area (Å²) in [5, 5.41) is 3.73. The number of hydrogen-bond acceptors (Lipinski definition) is 4. The van der Waals surface area contributed by atoms with E-state index in [0.29, 0.717) is 12.4 Å². The van der Waals surface area contributed by atoms with Crippen LogP contribution < -0.4 is 4.74 Å². The number of benzene rings is 1. The van der Waals surface area contributed by atoms with Crippen LogP contribution in [-0.2, 0) is 12.4 Å². The zero-order chi connectivity index (χ0) is 14.8. The summed E-state index contributed by atoms with van der Waals surface area (Å²) in [5.41, 5.74) is 1.79. The van der Waals surface area contributed by atoms with Gasteiger partial charge in [-0.1, -0.05) is 11.2 Å². The van der Waals surface area contributed by atoms with Crippen molar-refractivity contribution in [3.05, 3.63) is 42.0 Å². The summed E-state index contributed by atoms with van der Waals surface area (Å²) >= 11 is 6.03. The number of hydrogen-bond donors (Lipinski definition) is 0. The first-order chi connectivity index (χ1) is 10.2. The standard InChI is InChI=1S/C15H16ClN3O2/c1-10(2)20-13-5-3-4-12-15(13)18-14(8-16)19(12)9-11-6-7-17-21-11/h3-7,10H,8-9H2,1-2H3. The van der Waals surface area contributed by atoms with Gasteiger partial charge >= 0.3 is 0 Å². The second-order valence-corrected chi connectivity index (χ2v) is 5.28. The second kappa shape index (κ2) is 5.77. The molecule has 2 heterocycles. The number of imidazole rings is 1. The molecule has 6 heteroatoms. The topological polar surface area (TPSA) is 53.1 Å². The first kappa shape index (κ1) is 13.9. The van der Waals surface area contributed by atoms with E-state index in [-0.39, 0.29) is 6.10 Å². The van der Waals surface area contributed by atoms with Crippen molar-refractivity contribution < 1.29 is 9.26 Å². The molecule has 0 bridgehead atoms. The molecule has 2 aromatic heterocycles. The van der Waals surface area contributed by atoms with E-state index < -0.39 is 0 Å². The van der Waals surface area contributed by atoms with Gasteiger partial charge in [0.25, 0.3) is 0 Å². The number of ether oxygens (including phenoxy) is 1. The number of alkyl halides is 1. The normalized spacial score (nSPS) is 11.4. The predicted octanol–water partition coefficient (Wildman–Crippen LogP) is 3.60. The fourth-order valence-corrected chi connectivity index (χ4v) is 2.48. The molecule has 0 atom stereocenters. The molecule has 0 aliphatic heterocycles. The summed E-state index contributed by atoms with van der Waals surface area (Å²) in [7, 11) is 0. The molecule has 0 amide bonds. The van der Waals surface area contributed by atoms with Gasteiger partial charge in [-0.15, -0.1) is 11.6 Å². The van der Waals surface area contributed by atoms with E-state index in [1.54, 1.807) is 6.20 Å². The molecule has 0 aliphatic carbocycles. The second-order valence-electron chi connectivity index (χ2n) is 5.02. The van der Waals surface area contributed by atoms with Gasteiger partial charge in [0.2, 0.25) is 0 Å². The Morgan fingerprint density at radius 1 is 1.33 bits per heavy atom. The molecular weight excluding hydrogens is 290 g/mol. The quantitative estimate of drug-likeness (QED) is 0.676. The van der Waals surface area contributed by atoms with Gasteiger partial charge in [-0.3, -0.25) is 0 Å². The van der Waals surface area contributed by atoms with E-state index in [0.717, 1.165) is 28.4 Å². The maximum absolute atomic E-state index is 6.03. The first-order valence-electron chi connectivity index (χ1n) is 6.79. The number of aromatic nitrogens is 3. The number of rotatable bonds is 5. The fraction of sp³-hybridized carbons (Fsp3) is 0.333. The number of nitrogens with zero attached hydrogens (tertiary/aromatic N) is 3. The molecule has 110 valence electrons. The Balaban J connectivity index is 2.10. The predicted molar refractivity (Wildman–Crippen MR) is 80.7 cm³/mol. The fourth-order valence-electron chi connectivity index (χ4n) is 2.28. The minimum Gasteiger partial charge on any atom is -0.489 e. The van der Waals surface area contributed by atoms with Gasteiger partial charge in [-0.2, -0.15) is 0 Å². The van der Waals surface area contributed by atoms with Crippen LogP contribution in [0.1, 0.15) is 25.4 Å². The van der Waals surface area contributed by atoms with Crippen LogP contribution in [0.25, 0.3) is 11.0 Å². The Kier molecular flexibility index (Phi) is 3.84. The smallest absolute Gasteiger partial charge is 0.156 e. The lowest BCUT2D eigenvalue weighted by Crippen LogP contribution is -2.06. The van der Waals surface area contributed by atoms with E-state index in [2.05, 4.69) is 10.1 Å². The van der Waals surface area contributed by atoms with Crippen LogP contribution >= 0.6 is 11.6 Å². The van der Waals surface area contributed by atoms with Crippen LogP contribution in [0.2, 0.25) is 0 Å². The molecule has 3 rings (SSSR count).